The molecule has 104 valence electrons. The summed E-state index contributed by atoms with van der Waals surface area (Å²) in [6.07, 6.45) is 4.39. The Bertz CT molecular complexity index is 492. The van der Waals surface area contributed by atoms with Crippen LogP contribution >= 0.6 is 0 Å². The molecule has 0 spiro atoms. The van der Waals surface area contributed by atoms with Crippen LogP contribution in [-0.2, 0) is 0 Å². The van der Waals surface area contributed by atoms with Crippen molar-refractivity contribution in [3.8, 4) is 0 Å². The van der Waals surface area contributed by atoms with Crippen molar-refractivity contribution in [1.29, 1.82) is 0 Å². The summed E-state index contributed by atoms with van der Waals surface area (Å²) in [5, 5.41) is 3.47. The van der Waals surface area contributed by atoms with Gasteiger partial charge in [-0.15, -0.1) is 0 Å². The molecule has 0 saturated heterocycles. The molecule has 5 heteroatoms. The van der Waals surface area contributed by atoms with Crippen molar-refractivity contribution in [1.82, 2.24) is 4.98 Å². The van der Waals surface area contributed by atoms with Crippen LogP contribution in [0.4, 0.5) is 5.69 Å². The van der Waals surface area contributed by atoms with E-state index in [1.165, 1.54) is 12.8 Å². The number of anilines is 1. The lowest BCUT2D eigenvalue weighted by Gasteiger charge is -2.31. The molecule has 0 aliphatic heterocycles. The zero-order chi connectivity index (χ0) is 14.0. The van der Waals surface area contributed by atoms with Crippen LogP contribution in [0.25, 0.3) is 0 Å². The third kappa shape index (κ3) is 2.71. The van der Waals surface area contributed by atoms with Crippen molar-refractivity contribution >= 4 is 11.6 Å². The zero-order valence-corrected chi connectivity index (χ0v) is 11.6. The molecule has 1 amide bonds. The molecule has 1 fully saturated rings. The standard InChI is InChI=1S/C14H22N4O/c1-9-7-11(12(13(16)19)10(2)17-9)18-14(8-15)5-3-4-6-14/h7H,3-6,8,15H2,1-2H3,(H2,16,19)(H,17,18). The van der Waals surface area contributed by atoms with Crippen molar-refractivity contribution in [3.05, 3.63) is 23.0 Å². The van der Waals surface area contributed by atoms with Gasteiger partial charge >= 0.3 is 0 Å². The Kier molecular flexibility index (Phi) is 3.75. The van der Waals surface area contributed by atoms with Gasteiger partial charge in [-0.1, -0.05) is 12.8 Å². The number of nitrogens with one attached hydrogen (secondary N) is 1. The van der Waals surface area contributed by atoms with Crippen LogP contribution in [0.15, 0.2) is 6.07 Å². The maximum atomic E-state index is 11.6. The van der Waals surface area contributed by atoms with Gasteiger partial charge in [0, 0.05) is 17.8 Å². The first-order valence-electron chi connectivity index (χ1n) is 6.74. The minimum Gasteiger partial charge on any atom is -0.378 e. The highest BCUT2D eigenvalue weighted by Gasteiger charge is 2.33. The molecule has 0 atom stereocenters. The van der Waals surface area contributed by atoms with E-state index in [1.54, 1.807) is 0 Å². The number of pyridine rings is 1. The number of hydrogen-bond acceptors (Lipinski definition) is 4. The fourth-order valence-corrected chi connectivity index (χ4v) is 2.96. The number of carbonyl (C=O) groups excluding carboxylic acids is 1. The Morgan fingerprint density at radius 2 is 2.05 bits per heavy atom. The average Bonchev–Trinajstić information content (AvgIpc) is 2.76. The van der Waals surface area contributed by atoms with Crippen molar-refractivity contribution < 1.29 is 4.79 Å². The highest BCUT2D eigenvalue weighted by molar-refractivity contribution is 5.99. The van der Waals surface area contributed by atoms with Gasteiger partial charge in [0.1, 0.15) is 0 Å². The van der Waals surface area contributed by atoms with E-state index in [0.29, 0.717) is 17.8 Å². The SMILES string of the molecule is Cc1cc(NC2(CN)CCCC2)c(C(N)=O)c(C)n1. The minimum absolute atomic E-state index is 0.107. The third-order valence-electron chi connectivity index (χ3n) is 3.93. The van der Waals surface area contributed by atoms with Crippen LogP contribution in [-0.4, -0.2) is 23.0 Å². The number of amides is 1. The summed E-state index contributed by atoms with van der Waals surface area (Å²) in [4.78, 5) is 15.9. The number of carbonyl (C=O) groups is 1. The highest BCUT2D eigenvalue weighted by atomic mass is 16.1. The van der Waals surface area contributed by atoms with Gasteiger partial charge in [-0.2, -0.15) is 0 Å². The van der Waals surface area contributed by atoms with Gasteiger partial charge < -0.3 is 16.8 Å². The van der Waals surface area contributed by atoms with E-state index in [-0.39, 0.29) is 5.54 Å². The number of nitrogens with two attached hydrogens (primary N) is 2. The van der Waals surface area contributed by atoms with E-state index in [9.17, 15) is 4.79 Å². The monoisotopic (exact) mass is 262 g/mol. The molecule has 1 aliphatic rings. The molecule has 19 heavy (non-hydrogen) atoms. The molecule has 2 rings (SSSR count). The first kappa shape index (κ1) is 13.8. The molecule has 1 heterocycles. The molecular weight excluding hydrogens is 240 g/mol. The summed E-state index contributed by atoms with van der Waals surface area (Å²) in [6, 6.07) is 1.88. The van der Waals surface area contributed by atoms with Gasteiger partial charge in [0.25, 0.3) is 5.91 Å². The second-order valence-corrected chi connectivity index (χ2v) is 5.45. The highest BCUT2D eigenvalue weighted by Crippen LogP contribution is 2.33. The molecule has 0 radical (unpaired) electrons. The van der Waals surface area contributed by atoms with Crippen LogP contribution in [0.3, 0.4) is 0 Å². The zero-order valence-electron chi connectivity index (χ0n) is 11.6. The Labute approximate surface area is 113 Å². The molecule has 0 bridgehead atoms. The normalized spacial score (nSPS) is 17.4. The van der Waals surface area contributed by atoms with Gasteiger partial charge in [-0.25, -0.2) is 0 Å². The quantitative estimate of drug-likeness (QED) is 0.766. The molecule has 5 nitrogen and oxygen atoms in total. The van der Waals surface area contributed by atoms with Gasteiger partial charge in [-0.3, -0.25) is 9.78 Å². The molecule has 1 aliphatic carbocycles. The maximum absolute atomic E-state index is 11.6. The number of primary amides is 1. The summed E-state index contributed by atoms with van der Waals surface area (Å²) in [7, 11) is 0. The lowest BCUT2D eigenvalue weighted by molar-refractivity contribution is 0.1000. The van der Waals surface area contributed by atoms with Crippen molar-refractivity contribution in [2.45, 2.75) is 45.1 Å². The number of nitrogens with zero attached hydrogens (tertiary/aromatic N) is 1. The van der Waals surface area contributed by atoms with Gasteiger partial charge in [0.05, 0.1) is 16.9 Å². The van der Waals surface area contributed by atoms with E-state index in [4.69, 9.17) is 11.5 Å². The number of hydrogen-bond donors (Lipinski definition) is 3. The van der Waals surface area contributed by atoms with E-state index < -0.39 is 5.91 Å². The first-order valence-corrected chi connectivity index (χ1v) is 6.74. The lowest BCUT2D eigenvalue weighted by atomic mass is 9.96. The predicted molar refractivity (Wildman–Crippen MR) is 76.1 cm³/mol. The molecule has 0 aromatic carbocycles. The fraction of sp³-hybridized carbons (Fsp3) is 0.571. The molecular formula is C14H22N4O. The second kappa shape index (κ2) is 5.17. The molecule has 5 N–H and O–H groups in total. The van der Waals surface area contributed by atoms with Gasteiger partial charge in [-0.05, 0) is 32.8 Å². The van der Waals surface area contributed by atoms with E-state index in [2.05, 4.69) is 10.3 Å². The maximum Gasteiger partial charge on any atom is 0.252 e. The van der Waals surface area contributed by atoms with Crippen LogP contribution in [0.5, 0.6) is 0 Å². The molecule has 0 unspecified atom stereocenters. The Hall–Kier alpha value is -1.62. The Morgan fingerprint density at radius 3 is 2.58 bits per heavy atom. The largest absolute Gasteiger partial charge is 0.378 e. The minimum atomic E-state index is -0.447. The van der Waals surface area contributed by atoms with Crippen molar-refractivity contribution in [2.24, 2.45) is 11.5 Å². The van der Waals surface area contributed by atoms with Crippen LogP contribution in [0, 0.1) is 13.8 Å². The van der Waals surface area contributed by atoms with E-state index in [0.717, 1.165) is 24.2 Å². The molecule has 1 aromatic rings. The fourth-order valence-electron chi connectivity index (χ4n) is 2.96. The number of aromatic nitrogens is 1. The van der Waals surface area contributed by atoms with Gasteiger partial charge in [0.15, 0.2) is 0 Å². The average molecular weight is 262 g/mol. The van der Waals surface area contributed by atoms with Crippen molar-refractivity contribution in [3.63, 3.8) is 0 Å². The molecule has 1 saturated carbocycles. The van der Waals surface area contributed by atoms with Crippen LogP contribution in [0.2, 0.25) is 0 Å². The van der Waals surface area contributed by atoms with E-state index in [1.807, 2.05) is 19.9 Å². The van der Waals surface area contributed by atoms with Gasteiger partial charge in [0.2, 0.25) is 0 Å². The smallest absolute Gasteiger partial charge is 0.252 e. The lowest BCUT2D eigenvalue weighted by Crippen LogP contribution is -2.43. The predicted octanol–water partition coefficient (Wildman–Crippen LogP) is 1.48. The Balaban J connectivity index is 2.41. The Morgan fingerprint density at radius 1 is 1.42 bits per heavy atom. The summed E-state index contributed by atoms with van der Waals surface area (Å²) in [5.41, 5.74) is 14.1. The van der Waals surface area contributed by atoms with E-state index >= 15 is 0 Å². The molecule has 1 aromatic heterocycles. The summed E-state index contributed by atoms with van der Waals surface area (Å²) < 4.78 is 0. The summed E-state index contributed by atoms with van der Waals surface area (Å²) >= 11 is 0. The van der Waals surface area contributed by atoms with Crippen LogP contribution in [0.1, 0.15) is 47.4 Å². The number of aryl methyl sites for hydroxylation is 2. The number of rotatable bonds is 4. The van der Waals surface area contributed by atoms with Crippen LogP contribution < -0.4 is 16.8 Å². The van der Waals surface area contributed by atoms with Crippen molar-refractivity contribution in [2.75, 3.05) is 11.9 Å². The topological polar surface area (TPSA) is 94.0 Å². The second-order valence-electron chi connectivity index (χ2n) is 5.45. The summed E-state index contributed by atoms with van der Waals surface area (Å²) in [6.45, 7) is 4.28. The summed E-state index contributed by atoms with van der Waals surface area (Å²) in [5.74, 6) is -0.447. The third-order valence-corrected chi connectivity index (χ3v) is 3.93. The first-order chi connectivity index (χ1) is 8.97.